The van der Waals surface area contributed by atoms with Crippen molar-refractivity contribution in [2.75, 3.05) is 41.6 Å². The summed E-state index contributed by atoms with van der Waals surface area (Å²) in [5.41, 5.74) is 0. The highest BCUT2D eigenvalue weighted by Gasteiger charge is 2.24. The molecule has 2 aromatic rings. The number of amides is 1. The zero-order chi connectivity index (χ0) is 18.6. The predicted molar refractivity (Wildman–Crippen MR) is 96.6 cm³/mol. The molecule has 1 N–H and O–H groups in total. The molecule has 0 aromatic carbocycles. The van der Waals surface area contributed by atoms with Gasteiger partial charge in [-0.1, -0.05) is 6.92 Å². The Hall–Kier alpha value is -2.62. The highest BCUT2D eigenvalue weighted by atomic mass is 32.2. The van der Waals surface area contributed by atoms with Gasteiger partial charge in [0, 0.05) is 26.2 Å². The molecule has 26 heavy (non-hydrogen) atoms. The number of piperazine rings is 1. The van der Waals surface area contributed by atoms with E-state index in [2.05, 4.69) is 14.9 Å². The Morgan fingerprint density at radius 2 is 1.96 bits per heavy atom. The van der Waals surface area contributed by atoms with Crippen molar-refractivity contribution in [3.05, 3.63) is 36.3 Å². The molecule has 0 atom stereocenters. The number of nitrogens with one attached hydrogen (secondary N) is 1. The molecule has 1 saturated heterocycles. The summed E-state index contributed by atoms with van der Waals surface area (Å²) in [6, 6.07) is 6.66. The molecule has 1 amide bonds. The van der Waals surface area contributed by atoms with Gasteiger partial charge in [0.15, 0.2) is 17.4 Å². The van der Waals surface area contributed by atoms with Crippen LogP contribution in [0.25, 0.3) is 0 Å². The summed E-state index contributed by atoms with van der Waals surface area (Å²) in [6.07, 6.45) is 2.01. The van der Waals surface area contributed by atoms with E-state index in [9.17, 15) is 13.2 Å². The minimum atomic E-state index is -3.38. The van der Waals surface area contributed by atoms with Crippen molar-refractivity contribution in [1.82, 2.24) is 15.1 Å². The topological polar surface area (TPSA) is 109 Å². The number of aromatic nitrogens is 2. The maximum atomic E-state index is 12.3. The average molecular weight is 379 g/mol. The number of hydrogen-bond acceptors (Lipinski definition) is 7. The van der Waals surface area contributed by atoms with Gasteiger partial charge in [0.2, 0.25) is 10.0 Å². The first-order valence-corrected chi connectivity index (χ1v) is 10.1. The van der Waals surface area contributed by atoms with Crippen LogP contribution in [0, 0.1) is 0 Å². The van der Waals surface area contributed by atoms with Crippen LogP contribution in [0.5, 0.6) is 0 Å². The zero-order valence-electron chi connectivity index (χ0n) is 14.5. The Kier molecular flexibility index (Phi) is 5.40. The molecule has 3 heterocycles. The summed E-state index contributed by atoms with van der Waals surface area (Å²) < 4.78 is 31.0. The van der Waals surface area contributed by atoms with Gasteiger partial charge in [-0.15, -0.1) is 10.2 Å². The summed E-state index contributed by atoms with van der Waals surface area (Å²) in [4.78, 5) is 16.0. The quantitative estimate of drug-likeness (QED) is 0.803. The maximum absolute atomic E-state index is 12.3. The van der Waals surface area contributed by atoms with E-state index in [4.69, 9.17) is 4.42 Å². The fourth-order valence-corrected chi connectivity index (χ4v) is 3.79. The van der Waals surface area contributed by atoms with Gasteiger partial charge in [0.05, 0.1) is 12.0 Å². The number of carbonyl (C=O) groups excluding carboxylic acids is 1. The molecule has 0 spiro atoms. The second-order valence-corrected chi connectivity index (χ2v) is 7.80. The second-order valence-electron chi connectivity index (χ2n) is 5.95. The van der Waals surface area contributed by atoms with Gasteiger partial charge in [-0.3, -0.25) is 9.52 Å². The Morgan fingerprint density at radius 1 is 1.19 bits per heavy atom. The summed E-state index contributed by atoms with van der Waals surface area (Å²) >= 11 is 0. The van der Waals surface area contributed by atoms with E-state index in [-0.39, 0.29) is 17.5 Å². The zero-order valence-corrected chi connectivity index (χ0v) is 15.3. The molecule has 10 heteroatoms. The van der Waals surface area contributed by atoms with Crippen molar-refractivity contribution in [2.45, 2.75) is 13.3 Å². The highest BCUT2D eigenvalue weighted by molar-refractivity contribution is 7.92. The van der Waals surface area contributed by atoms with Crippen LogP contribution in [0.1, 0.15) is 23.9 Å². The molecule has 140 valence electrons. The van der Waals surface area contributed by atoms with Crippen LogP contribution < -0.4 is 9.62 Å². The lowest BCUT2D eigenvalue weighted by molar-refractivity contribution is 0.0714. The summed E-state index contributed by atoms with van der Waals surface area (Å²) in [5.74, 6) is 1.10. The average Bonchev–Trinajstić information content (AvgIpc) is 3.16. The molecule has 0 radical (unpaired) electrons. The van der Waals surface area contributed by atoms with Gasteiger partial charge in [-0.05, 0) is 30.7 Å². The molecule has 0 aliphatic carbocycles. The number of carbonyl (C=O) groups is 1. The standard InChI is InChI=1S/C16H21N5O4S/c1-2-12-26(23,24)19-14-5-6-15(18-17-14)20-7-9-21(10-8-20)16(22)13-4-3-11-25-13/h3-6,11H,2,7-10,12H2,1H3,(H,17,19). The number of hydrogen-bond donors (Lipinski definition) is 1. The van der Waals surface area contributed by atoms with E-state index in [1.54, 1.807) is 36.1 Å². The molecule has 0 saturated carbocycles. The van der Waals surface area contributed by atoms with Crippen LogP contribution >= 0.6 is 0 Å². The van der Waals surface area contributed by atoms with E-state index >= 15 is 0 Å². The smallest absolute Gasteiger partial charge is 0.289 e. The monoisotopic (exact) mass is 379 g/mol. The SMILES string of the molecule is CCCS(=O)(=O)Nc1ccc(N2CCN(C(=O)c3ccco3)CC2)nn1. The summed E-state index contributed by atoms with van der Waals surface area (Å²) in [5, 5.41) is 8.03. The number of anilines is 2. The van der Waals surface area contributed by atoms with Crippen molar-refractivity contribution < 1.29 is 17.6 Å². The molecule has 9 nitrogen and oxygen atoms in total. The van der Waals surface area contributed by atoms with Gasteiger partial charge >= 0.3 is 0 Å². The number of rotatable bonds is 6. The first kappa shape index (κ1) is 18.2. The Labute approximate surface area is 152 Å². The summed E-state index contributed by atoms with van der Waals surface area (Å²) in [6.45, 7) is 4.12. The fourth-order valence-electron chi connectivity index (χ4n) is 2.72. The van der Waals surface area contributed by atoms with Crippen LogP contribution in [0.3, 0.4) is 0 Å². The summed E-state index contributed by atoms with van der Waals surface area (Å²) in [7, 11) is -3.38. The van der Waals surface area contributed by atoms with Crippen molar-refractivity contribution in [1.29, 1.82) is 0 Å². The number of furan rings is 1. The first-order chi connectivity index (χ1) is 12.5. The van der Waals surface area contributed by atoms with Crippen LogP contribution in [0.4, 0.5) is 11.6 Å². The van der Waals surface area contributed by atoms with Gasteiger partial charge in [-0.25, -0.2) is 8.42 Å². The Balaban J connectivity index is 1.57. The predicted octanol–water partition coefficient (Wildman–Crippen LogP) is 1.18. The Morgan fingerprint density at radius 3 is 2.54 bits per heavy atom. The second kappa shape index (κ2) is 7.73. The van der Waals surface area contributed by atoms with Crippen LogP contribution in [0.2, 0.25) is 0 Å². The molecular weight excluding hydrogens is 358 g/mol. The van der Waals surface area contributed by atoms with Gasteiger partial charge in [0.25, 0.3) is 5.91 Å². The largest absolute Gasteiger partial charge is 0.459 e. The minimum Gasteiger partial charge on any atom is -0.459 e. The van der Waals surface area contributed by atoms with E-state index in [1.165, 1.54) is 6.26 Å². The first-order valence-electron chi connectivity index (χ1n) is 8.40. The van der Waals surface area contributed by atoms with E-state index < -0.39 is 10.0 Å². The molecule has 1 aliphatic rings. The van der Waals surface area contributed by atoms with E-state index in [0.29, 0.717) is 44.2 Å². The minimum absolute atomic E-state index is 0.0437. The number of nitrogens with zero attached hydrogens (tertiary/aromatic N) is 4. The van der Waals surface area contributed by atoms with Crippen molar-refractivity contribution in [3.63, 3.8) is 0 Å². The third-order valence-corrected chi connectivity index (χ3v) is 5.47. The highest BCUT2D eigenvalue weighted by Crippen LogP contribution is 2.16. The lowest BCUT2D eigenvalue weighted by atomic mass is 10.3. The molecule has 0 unspecified atom stereocenters. The van der Waals surface area contributed by atoms with Crippen LogP contribution in [0.15, 0.2) is 34.9 Å². The van der Waals surface area contributed by atoms with E-state index in [1.807, 2.05) is 4.90 Å². The van der Waals surface area contributed by atoms with Crippen molar-refractivity contribution >= 4 is 27.6 Å². The molecule has 0 bridgehead atoms. The van der Waals surface area contributed by atoms with Crippen LogP contribution in [-0.2, 0) is 10.0 Å². The fraction of sp³-hybridized carbons (Fsp3) is 0.438. The normalized spacial score (nSPS) is 15.1. The number of sulfonamides is 1. The van der Waals surface area contributed by atoms with Crippen molar-refractivity contribution in [3.8, 4) is 0 Å². The lowest BCUT2D eigenvalue weighted by Crippen LogP contribution is -2.49. The van der Waals surface area contributed by atoms with Crippen molar-refractivity contribution in [2.24, 2.45) is 0 Å². The molecular formula is C16H21N5O4S. The third kappa shape index (κ3) is 4.31. The van der Waals surface area contributed by atoms with Gasteiger partial charge in [-0.2, -0.15) is 0 Å². The molecule has 1 aliphatic heterocycles. The molecule has 3 rings (SSSR count). The molecule has 2 aromatic heterocycles. The van der Waals surface area contributed by atoms with Crippen LogP contribution in [-0.4, -0.2) is 61.4 Å². The lowest BCUT2D eigenvalue weighted by Gasteiger charge is -2.34. The maximum Gasteiger partial charge on any atom is 0.289 e. The molecule has 1 fully saturated rings. The van der Waals surface area contributed by atoms with E-state index in [0.717, 1.165) is 0 Å². The third-order valence-electron chi connectivity index (χ3n) is 4.01. The van der Waals surface area contributed by atoms with Gasteiger partial charge in [0.1, 0.15) is 0 Å². The van der Waals surface area contributed by atoms with Gasteiger partial charge < -0.3 is 14.2 Å². The Bertz CT molecular complexity index is 828.